The first-order valence-electron chi connectivity index (χ1n) is 9.76. The number of benzene rings is 2. The highest BCUT2D eigenvalue weighted by Crippen LogP contribution is 2.40. The van der Waals surface area contributed by atoms with Crippen LogP contribution in [0.15, 0.2) is 53.7 Å². The van der Waals surface area contributed by atoms with Gasteiger partial charge in [-0.05, 0) is 57.2 Å². The van der Waals surface area contributed by atoms with Crippen molar-refractivity contribution in [2.45, 2.75) is 36.6 Å². The van der Waals surface area contributed by atoms with Crippen molar-refractivity contribution in [3.05, 3.63) is 60.2 Å². The molecular weight excluding hydrogens is 460 g/mol. The summed E-state index contributed by atoms with van der Waals surface area (Å²) in [4.78, 5) is 3.19. The average molecular weight is 483 g/mol. The highest BCUT2D eigenvalue weighted by Gasteiger charge is 2.41. The van der Waals surface area contributed by atoms with Gasteiger partial charge in [-0.15, -0.1) is 0 Å². The van der Waals surface area contributed by atoms with Crippen LogP contribution in [0.5, 0.6) is 0 Å². The summed E-state index contributed by atoms with van der Waals surface area (Å²) in [6.07, 6.45) is -1.83. The molecule has 0 radical (unpaired) electrons. The van der Waals surface area contributed by atoms with Crippen LogP contribution in [0.2, 0.25) is 0 Å². The molecule has 176 valence electrons. The third-order valence-corrected chi connectivity index (χ3v) is 7.44. The molecule has 2 heterocycles. The van der Waals surface area contributed by atoms with Crippen LogP contribution in [0, 0.1) is 5.82 Å². The first kappa shape index (κ1) is 24.4. The maximum Gasteiger partial charge on any atom is 0.417 e. The van der Waals surface area contributed by atoms with E-state index in [1.54, 1.807) is 25.4 Å². The maximum absolute atomic E-state index is 13.4. The number of hydrogen-bond acceptors (Lipinski definition) is 5. The summed E-state index contributed by atoms with van der Waals surface area (Å²) >= 11 is 0. The monoisotopic (exact) mass is 482 g/mol. The normalized spacial score (nSPS) is 12.5. The zero-order valence-electron chi connectivity index (χ0n) is 18.2. The van der Waals surface area contributed by atoms with Crippen molar-refractivity contribution >= 4 is 37.3 Å². The predicted molar refractivity (Wildman–Crippen MR) is 119 cm³/mol. The van der Waals surface area contributed by atoms with E-state index in [0.717, 1.165) is 23.0 Å². The van der Waals surface area contributed by atoms with E-state index in [9.17, 15) is 26.0 Å². The first-order valence-corrected chi connectivity index (χ1v) is 11.2. The molecule has 0 bridgehead atoms. The lowest BCUT2D eigenvalue weighted by Gasteiger charge is -2.23. The third-order valence-electron chi connectivity index (χ3n) is 4.92. The van der Waals surface area contributed by atoms with Crippen molar-refractivity contribution in [3.63, 3.8) is 0 Å². The molecular formula is C22H22F4N4O2S. The fourth-order valence-electron chi connectivity index (χ4n) is 3.08. The van der Waals surface area contributed by atoms with Gasteiger partial charge in [0.15, 0.2) is 9.84 Å². The van der Waals surface area contributed by atoms with E-state index in [2.05, 4.69) is 20.5 Å². The Bertz CT molecular complexity index is 1410. The van der Waals surface area contributed by atoms with Crippen LogP contribution in [0.4, 0.5) is 23.2 Å². The van der Waals surface area contributed by atoms with Gasteiger partial charge >= 0.3 is 6.18 Å². The number of sulfone groups is 1. The molecule has 0 aliphatic rings. The number of nitrogens with zero attached hydrogens (tertiary/aromatic N) is 2. The molecule has 0 fully saturated rings. The molecule has 2 aromatic heterocycles. The Balaban J connectivity index is 0.000000252. The van der Waals surface area contributed by atoms with E-state index < -0.39 is 31.2 Å². The molecule has 6 nitrogen and oxygen atoms in total. The highest BCUT2D eigenvalue weighted by atomic mass is 32.2. The van der Waals surface area contributed by atoms with E-state index >= 15 is 0 Å². The van der Waals surface area contributed by atoms with Gasteiger partial charge in [-0.25, -0.2) is 12.8 Å². The molecule has 0 aliphatic carbocycles. The molecule has 0 saturated carbocycles. The number of anilines is 1. The second-order valence-electron chi connectivity index (χ2n) is 8.19. The standard InChI is InChI=1S/C15H17F3N2O2S.C7H5FN2/c1-14(2,3)23(21,22)13-7-9-11(19-4)5-6-20-12(9)8-10(13)15(16,17)18;8-6-1-2-7-5(3-6)4-9-10-7/h5-8H,1-4H3,(H,19,20);1-4H,(H,9,10). The summed E-state index contributed by atoms with van der Waals surface area (Å²) in [5.74, 6) is -0.228. The highest BCUT2D eigenvalue weighted by molar-refractivity contribution is 7.92. The quantitative estimate of drug-likeness (QED) is 0.365. The fourth-order valence-corrected chi connectivity index (χ4v) is 4.48. The number of pyridine rings is 1. The summed E-state index contributed by atoms with van der Waals surface area (Å²) in [5.41, 5.74) is 0.258. The number of hydrogen-bond donors (Lipinski definition) is 2. The van der Waals surface area contributed by atoms with Gasteiger partial charge in [0.2, 0.25) is 0 Å². The molecule has 33 heavy (non-hydrogen) atoms. The van der Waals surface area contributed by atoms with Gasteiger partial charge in [-0.3, -0.25) is 10.1 Å². The molecule has 4 aromatic rings. The number of aromatic amines is 1. The number of rotatable bonds is 2. The molecule has 0 atom stereocenters. The number of aromatic nitrogens is 3. The Morgan fingerprint density at radius 3 is 2.33 bits per heavy atom. The second kappa shape index (κ2) is 8.62. The van der Waals surface area contributed by atoms with E-state index in [1.165, 1.54) is 39.1 Å². The minimum absolute atomic E-state index is 0.0806. The second-order valence-corrected chi connectivity index (χ2v) is 10.9. The first-order chi connectivity index (χ1) is 15.3. The van der Waals surface area contributed by atoms with Crippen molar-refractivity contribution in [1.82, 2.24) is 15.2 Å². The van der Waals surface area contributed by atoms with Crippen LogP contribution >= 0.6 is 0 Å². The summed E-state index contributed by atoms with van der Waals surface area (Å²) in [5, 5.41) is 10.4. The lowest BCUT2D eigenvalue weighted by atomic mass is 10.1. The van der Waals surface area contributed by atoms with Gasteiger partial charge in [-0.1, -0.05) is 0 Å². The van der Waals surface area contributed by atoms with E-state index in [-0.39, 0.29) is 11.3 Å². The summed E-state index contributed by atoms with van der Waals surface area (Å²) in [7, 11) is -2.58. The zero-order chi connectivity index (χ0) is 24.6. The van der Waals surface area contributed by atoms with E-state index in [1.807, 2.05) is 0 Å². The Morgan fingerprint density at radius 2 is 1.73 bits per heavy atom. The van der Waals surface area contributed by atoms with Crippen molar-refractivity contribution in [3.8, 4) is 0 Å². The molecule has 2 aromatic carbocycles. The lowest BCUT2D eigenvalue weighted by molar-refractivity contribution is -0.139. The van der Waals surface area contributed by atoms with Gasteiger partial charge in [0.1, 0.15) is 5.82 Å². The number of H-pyrrole nitrogens is 1. The summed E-state index contributed by atoms with van der Waals surface area (Å²) < 4.78 is 76.5. The van der Waals surface area contributed by atoms with E-state index in [0.29, 0.717) is 11.1 Å². The van der Waals surface area contributed by atoms with Crippen molar-refractivity contribution < 1.29 is 26.0 Å². The predicted octanol–water partition coefficient (Wildman–Crippen LogP) is 5.57. The van der Waals surface area contributed by atoms with Crippen molar-refractivity contribution in [2.75, 3.05) is 12.4 Å². The zero-order valence-corrected chi connectivity index (χ0v) is 19.1. The van der Waals surface area contributed by atoms with Crippen LogP contribution in [-0.4, -0.2) is 35.4 Å². The van der Waals surface area contributed by atoms with Crippen LogP contribution < -0.4 is 5.32 Å². The SMILES string of the molecule is CNc1ccnc2cc(C(F)(F)F)c(S(=O)(=O)C(C)(C)C)cc12.Fc1ccc2[nH]ncc2c1. The number of alkyl halides is 3. The molecule has 0 aliphatic heterocycles. The van der Waals surface area contributed by atoms with E-state index in [4.69, 9.17) is 0 Å². The average Bonchev–Trinajstić information content (AvgIpc) is 3.19. The van der Waals surface area contributed by atoms with Crippen molar-refractivity contribution in [1.29, 1.82) is 0 Å². The summed E-state index contributed by atoms with van der Waals surface area (Å²) in [6.45, 7) is 4.11. The Morgan fingerprint density at radius 1 is 1.03 bits per heavy atom. The minimum Gasteiger partial charge on any atom is -0.388 e. The van der Waals surface area contributed by atoms with Crippen LogP contribution in [0.25, 0.3) is 21.8 Å². The largest absolute Gasteiger partial charge is 0.417 e. The Labute approximate surface area is 188 Å². The molecule has 0 saturated heterocycles. The van der Waals surface area contributed by atoms with Gasteiger partial charge in [0, 0.05) is 29.7 Å². The van der Waals surface area contributed by atoms with Gasteiger partial charge in [-0.2, -0.15) is 18.3 Å². The number of fused-ring (bicyclic) bond motifs is 2. The fraction of sp³-hybridized carbons (Fsp3) is 0.273. The number of nitrogens with one attached hydrogen (secondary N) is 2. The molecule has 4 rings (SSSR count). The lowest BCUT2D eigenvalue weighted by Crippen LogP contribution is -2.30. The molecule has 0 spiro atoms. The van der Waals surface area contributed by atoms with Crippen LogP contribution in [0.1, 0.15) is 26.3 Å². The summed E-state index contributed by atoms with van der Waals surface area (Å²) in [6, 6.07) is 7.92. The Kier molecular flexibility index (Phi) is 6.38. The molecule has 11 heteroatoms. The Hall–Kier alpha value is -3.21. The molecule has 0 amide bonds. The van der Waals surface area contributed by atoms with Crippen LogP contribution in [0.3, 0.4) is 0 Å². The van der Waals surface area contributed by atoms with Crippen molar-refractivity contribution in [2.24, 2.45) is 0 Å². The smallest absolute Gasteiger partial charge is 0.388 e. The van der Waals surface area contributed by atoms with Gasteiger partial charge in [0.25, 0.3) is 0 Å². The third kappa shape index (κ3) is 4.92. The van der Waals surface area contributed by atoms with Gasteiger partial charge in [0.05, 0.1) is 32.4 Å². The molecule has 0 unspecified atom stereocenters. The number of halogens is 4. The molecule has 2 N–H and O–H groups in total. The maximum atomic E-state index is 13.4. The minimum atomic E-state index is -4.79. The van der Waals surface area contributed by atoms with Gasteiger partial charge < -0.3 is 5.32 Å². The van der Waals surface area contributed by atoms with Crippen LogP contribution in [-0.2, 0) is 16.0 Å². The topological polar surface area (TPSA) is 87.7 Å².